The number of sulfonamides is 1. The van der Waals surface area contributed by atoms with Gasteiger partial charge >= 0.3 is 0 Å². The quantitative estimate of drug-likeness (QED) is 0.381. The van der Waals surface area contributed by atoms with Crippen LogP contribution >= 0.6 is 28.1 Å². The van der Waals surface area contributed by atoms with E-state index in [1.54, 1.807) is 24.3 Å². The Hall–Kier alpha value is -1.81. The van der Waals surface area contributed by atoms with Crippen molar-refractivity contribution in [3.63, 3.8) is 0 Å². The summed E-state index contributed by atoms with van der Waals surface area (Å²) in [6.45, 7) is 6.53. The second kappa shape index (κ2) is 8.85. The van der Waals surface area contributed by atoms with Gasteiger partial charge in [-0.25, -0.2) is 13.5 Å². The predicted molar refractivity (Wildman–Crippen MR) is 130 cm³/mol. The third-order valence-corrected chi connectivity index (χ3v) is 8.45. The zero-order valence-corrected chi connectivity index (χ0v) is 21.4. The zero-order valence-electron chi connectivity index (χ0n) is 18.2. The number of halogens is 1. The summed E-state index contributed by atoms with van der Waals surface area (Å²) in [6, 6.07) is 12.1. The molecule has 4 rings (SSSR count). The highest BCUT2D eigenvalue weighted by atomic mass is 79.9. The van der Waals surface area contributed by atoms with Crippen LogP contribution < -0.4 is 4.72 Å². The van der Waals surface area contributed by atoms with Crippen LogP contribution in [0.4, 0.5) is 0 Å². The smallest absolute Gasteiger partial charge is 0.284 e. The fraction of sp³-hybridized carbons (Fsp3) is 0.391. The fourth-order valence-corrected chi connectivity index (χ4v) is 6.22. The maximum Gasteiger partial charge on any atom is 0.284 e. The molecular weight excluding hydrogens is 510 g/mol. The third-order valence-electron chi connectivity index (χ3n) is 6.29. The van der Waals surface area contributed by atoms with Crippen molar-refractivity contribution < 1.29 is 12.8 Å². The summed E-state index contributed by atoms with van der Waals surface area (Å²) in [5.74, 6) is -0.0126. The van der Waals surface area contributed by atoms with Crippen molar-refractivity contribution in [3.05, 3.63) is 74.4 Å². The van der Waals surface area contributed by atoms with E-state index >= 15 is 0 Å². The second-order valence-electron chi connectivity index (χ2n) is 8.90. The molecule has 0 bridgehead atoms. The highest BCUT2D eigenvalue weighted by Crippen LogP contribution is 2.42. The molecule has 1 heterocycles. The van der Waals surface area contributed by atoms with Crippen LogP contribution in [0.1, 0.15) is 68.2 Å². The summed E-state index contributed by atoms with van der Waals surface area (Å²) in [4.78, 5) is 0.277. The van der Waals surface area contributed by atoms with E-state index < -0.39 is 16.1 Å². The number of hydrogen-bond donors (Lipinski definition) is 2. The number of fused-ring (bicyclic) bond motifs is 1. The molecule has 0 saturated carbocycles. The molecule has 1 aliphatic rings. The van der Waals surface area contributed by atoms with Gasteiger partial charge in [0.15, 0.2) is 0 Å². The van der Waals surface area contributed by atoms with E-state index in [2.05, 4.69) is 62.9 Å². The average Bonchev–Trinajstić information content (AvgIpc) is 3.17. The number of hydrogen-bond acceptors (Lipinski definition) is 5. The van der Waals surface area contributed by atoms with Gasteiger partial charge in [-0.05, 0) is 77.9 Å². The Bertz CT molecular complexity index is 1280. The predicted octanol–water partition coefficient (Wildman–Crippen LogP) is 5.93. The number of aromatic nitrogens is 2. The van der Waals surface area contributed by atoms with Gasteiger partial charge in [0.1, 0.15) is 6.04 Å². The first-order valence-electron chi connectivity index (χ1n) is 10.5. The molecule has 0 saturated heterocycles. The van der Waals surface area contributed by atoms with Gasteiger partial charge in [-0.1, -0.05) is 54.9 Å². The maximum atomic E-state index is 13.2. The molecule has 1 aromatic heterocycles. The van der Waals surface area contributed by atoms with Crippen LogP contribution in [0, 0.1) is 4.84 Å². The molecule has 170 valence electrons. The SMILES string of the molecule is C[C@H](c1cccc2c1CCCC2(C)C)[C@H](NS(=O)(=O)c1ccc(Br)cc1)c1n[nH]c(=S)o1. The van der Waals surface area contributed by atoms with Crippen molar-refractivity contribution in [2.24, 2.45) is 0 Å². The molecule has 32 heavy (non-hydrogen) atoms. The lowest BCUT2D eigenvalue weighted by atomic mass is 9.70. The van der Waals surface area contributed by atoms with Crippen molar-refractivity contribution in [1.29, 1.82) is 0 Å². The van der Waals surface area contributed by atoms with E-state index in [0.29, 0.717) is 0 Å². The van der Waals surface area contributed by atoms with E-state index in [1.165, 1.54) is 11.1 Å². The summed E-state index contributed by atoms with van der Waals surface area (Å²) in [5, 5.41) is 6.79. The van der Waals surface area contributed by atoms with E-state index in [4.69, 9.17) is 16.6 Å². The highest BCUT2D eigenvalue weighted by molar-refractivity contribution is 9.10. The Balaban J connectivity index is 1.77. The topological polar surface area (TPSA) is 88.0 Å². The molecule has 2 atom stereocenters. The lowest BCUT2D eigenvalue weighted by Gasteiger charge is -2.35. The van der Waals surface area contributed by atoms with E-state index in [9.17, 15) is 8.42 Å². The molecule has 2 N–H and O–H groups in total. The Labute approximate surface area is 202 Å². The first-order chi connectivity index (χ1) is 15.1. The summed E-state index contributed by atoms with van der Waals surface area (Å²) in [7, 11) is -3.83. The maximum absolute atomic E-state index is 13.2. The number of benzene rings is 2. The van der Waals surface area contributed by atoms with Gasteiger partial charge in [-0.2, -0.15) is 4.72 Å². The third kappa shape index (κ3) is 4.62. The molecule has 0 fully saturated rings. The number of aromatic amines is 1. The number of nitrogens with zero attached hydrogens (tertiary/aromatic N) is 1. The van der Waals surface area contributed by atoms with Crippen LogP contribution in [0.5, 0.6) is 0 Å². The molecular formula is C23H26BrN3O3S2. The standard InChI is InChI=1S/C23H26BrN3O3S2/c1-14(17-6-4-8-19-18(17)7-5-13-23(19,2)3)20(21-25-26-22(31)30-21)27-32(28,29)16-11-9-15(24)10-12-16/h4,6,8-12,14,20,27H,5,7,13H2,1-3H3,(H,26,31)/t14-,20+/m1/s1. The van der Waals surface area contributed by atoms with Crippen molar-refractivity contribution in [2.45, 2.75) is 62.3 Å². The second-order valence-corrected chi connectivity index (χ2v) is 11.9. The number of rotatable bonds is 6. The van der Waals surface area contributed by atoms with Gasteiger partial charge in [-0.15, -0.1) is 5.10 Å². The van der Waals surface area contributed by atoms with Crippen LogP contribution in [-0.2, 0) is 21.9 Å². The van der Waals surface area contributed by atoms with E-state index in [1.807, 2.05) is 6.92 Å². The van der Waals surface area contributed by atoms with Gasteiger partial charge in [0.25, 0.3) is 4.84 Å². The van der Waals surface area contributed by atoms with Gasteiger partial charge < -0.3 is 4.42 Å². The molecule has 2 aromatic carbocycles. The van der Waals surface area contributed by atoms with Crippen LogP contribution in [0.15, 0.2) is 56.2 Å². The molecule has 6 nitrogen and oxygen atoms in total. The summed E-state index contributed by atoms with van der Waals surface area (Å²) < 4.78 is 35.7. The Morgan fingerprint density at radius 1 is 1.22 bits per heavy atom. The summed E-state index contributed by atoms with van der Waals surface area (Å²) >= 11 is 8.41. The fourth-order valence-electron chi connectivity index (χ4n) is 4.56. The minimum atomic E-state index is -3.83. The Morgan fingerprint density at radius 3 is 2.59 bits per heavy atom. The van der Waals surface area contributed by atoms with Gasteiger partial charge in [-0.3, -0.25) is 0 Å². The van der Waals surface area contributed by atoms with Crippen LogP contribution in [0.25, 0.3) is 0 Å². The van der Waals surface area contributed by atoms with Crippen molar-refractivity contribution in [1.82, 2.24) is 14.9 Å². The van der Waals surface area contributed by atoms with Gasteiger partial charge in [0.2, 0.25) is 15.9 Å². The lowest BCUT2D eigenvalue weighted by molar-refractivity contribution is 0.385. The first-order valence-corrected chi connectivity index (χ1v) is 13.2. The van der Waals surface area contributed by atoms with Crippen LogP contribution in [0.2, 0.25) is 0 Å². The molecule has 0 radical (unpaired) electrons. The molecule has 1 aliphatic carbocycles. The highest BCUT2D eigenvalue weighted by Gasteiger charge is 2.35. The first kappa shape index (κ1) is 23.4. The molecule has 0 spiro atoms. The summed E-state index contributed by atoms with van der Waals surface area (Å²) in [6.07, 6.45) is 3.20. The van der Waals surface area contributed by atoms with Gasteiger partial charge in [0.05, 0.1) is 4.90 Å². The molecule has 0 unspecified atom stereocenters. The monoisotopic (exact) mass is 535 g/mol. The van der Waals surface area contributed by atoms with Crippen LogP contribution in [-0.4, -0.2) is 18.6 Å². The molecule has 0 amide bonds. The van der Waals surface area contributed by atoms with Crippen molar-refractivity contribution in [2.75, 3.05) is 0 Å². The molecule has 3 aromatic rings. The number of nitrogens with one attached hydrogen (secondary N) is 2. The minimum absolute atomic E-state index is 0.0836. The van der Waals surface area contributed by atoms with Crippen molar-refractivity contribution in [3.8, 4) is 0 Å². The van der Waals surface area contributed by atoms with E-state index in [-0.39, 0.29) is 27.0 Å². The Morgan fingerprint density at radius 2 is 1.94 bits per heavy atom. The van der Waals surface area contributed by atoms with E-state index in [0.717, 1.165) is 29.3 Å². The van der Waals surface area contributed by atoms with Crippen LogP contribution in [0.3, 0.4) is 0 Å². The summed E-state index contributed by atoms with van der Waals surface area (Å²) in [5.41, 5.74) is 3.80. The lowest BCUT2D eigenvalue weighted by Crippen LogP contribution is -2.33. The molecule has 9 heteroatoms. The zero-order chi connectivity index (χ0) is 23.1. The normalized spacial score (nSPS) is 17.5. The van der Waals surface area contributed by atoms with Crippen molar-refractivity contribution >= 4 is 38.2 Å². The minimum Gasteiger partial charge on any atom is -0.412 e. The Kier molecular flexibility index (Phi) is 6.46. The van der Waals surface area contributed by atoms with Gasteiger partial charge in [0, 0.05) is 10.4 Å². The number of H-pyrrole nitrogens is 1. The largest absolute Gasteiger partial charge is 0.412 e. The average molecular weight is 537 g/mol. The molecule has 0 aliphatic heterocycles.